The Morgan fingerprint density at radius 3 is 2.60 bits per heavy atom. The highest BCUT2D eigenvalue weighted by atomic mass is 32.2. The van der Waals surface area contributed by atoms with Crippen molar-refractivity contribution < 1.29 is 13.2 Å². The topological polar surface area (TPSA) is 94.2 Å². The largest absolute Gasteiger partial charge is 0.354 e. The molecule has 0 saturated heterocycles. The molecule has 6 nitrogen and oxygen atoms in total. The SMILES string of the molecule is CCn1cc(S(N)(=O)=O)cc1C(=O)NC. The molecule has 1 heterocycles. The van der Waals surface area contributed by atoms with Crippen LogP contribution < -0.4 is 10.5 Å². The summed E-state index contributed by atoms with van der Waals surface area (Å²) in [6.45, 7) is 2.30. The summed E-state index contributed by atoms with van der Waals surface area (Å²) < 4.78 is 23.6. The molecule has 0 radical (unpaired) electrons. The Labute approximate surface area is 88.1 Å². The Morgan fingerprint density at radius 2 is 2.20 bits per heavy atom. The van der Waals surface area contributed by atoms with Crippen LogP contribution in [-0.2, 0) is 16.6 Å². The van der Waals surface area contributed by atoms with Crippen LogP contribution >= 0.6 is 0 Å². The molecule has 3 N–H and O–H groups in total. The van der Waals surface area contributed by atoms with Gasteiger partial charge in [0.05, 0.1) is 0 Å². The maximum atomic E-state index is 11.4. The van der Waals surface area contributed by atoms with Crippen LogP contribution in [0.4, 0.5) is 0 Å². The lowest BCUT2D eigenvalue weighted by molar-refractivity contribution is 0.0954. The number of rotatable bonds is 3. The fourth-order valence-corrected chi connectivity index (χ4v) is 1.77. The van der Waals surface area contributed by atoms with Crippen LogP contribution in [0, 0.1) is 0 Å². The second kappa shape index (κ2) is 4.03. The van der Waals surface area contributed by atoms with Crippen molar-refractivity contribution >= 4 is 15.9 Å². The second-order valence-electron chi connectivity index (χ2n) is 2.97. The highest BCUT2D eigenvalue weighted by Gasteiger charge is 2.17. The molecule has 7 heteroatoms. The summed E-state index contributed by atoms with van der Waals surface area (Å²) in [7, 11) is -2.28. The number of aromatic nitrogens is 1. The molecule has 0 aromatic carbocycles. The highest BCUT2D eigenvalue weighted by molar-refractivity contribution is 7.89. The number of nitrogens with zero attached hydrogens (tertiary/aromatic N) is 1. The summed E-state index contributed by atoms with van der Waals surface area (Å²) in [5, 5.41) is 7.39. The van der Waals surface area contributed by atoms with E-state index in [0.29, 0.717) is 6.54 Å². The van der Waals surface area contributed by atoms with Crippen molar-refractivity contribution in [3.05, 3.63) is 18.0 Å². The molecule has 0 bridgehead atoms. The van der Waals surface area contributed by atoms with Crippen LogP contribution in [0.2, 0.25) is 0 Å². The molecule has 0 aliphatic rings. The summed E-state index contributed by atoms with van der Waals surface area (Å²) in [5.41, 5.74) is 0.282. The Hall–Kier alpha value is -1.34. The molecule has 0 aliphatic carbocycles. The van der Waals surface area contributed by atoms with Gasteiger partial charge in [-0.2, -0.15) is 0 Å². The van der Waals surface area contributed by atoms with Crippen LogP contribution in [0.1, 0.15) is 17.4 Å². The van der Waals surface area contributed by atoms with E-state index in [1.165, 1.54) is 23.9 Å². The molecule has 0 spiro atoms. The van der Waals surface area contributed by atoms with Crippen LogP contribution in [0.15, 0.2) is 17.2 Å². The van der Waals surface area contributed by atoms with E-state index in [0.717, 1.165) is 0 Å². The first kappa shape index (κ1) is 11.7. The number of aryl methyl sites for hydroxylation is 1. The van der Waals surface area contributed by atoms with Crippen molar-refractivity contribution in [3.8, 4) is 0 Å². The normalized spacial score (nSPS) is 11.4. The molecular weight excluding hydrogens is 218 g/mol. The van der Waals surface area contributed by atoms with E-state index in [1.54, 1.807) is 6.92 Å². The van der Waals surface area contributed by atoms with E-state index in [2.05, 4.69) is 5.32 Å². The third kappa shape index (κ3) is 2.37. The van der Waals surface area contributed by atoms with Crippen LogP contribution in [-0.4, -0.2) is 25.9 Å². The maximum Gasteiger partial charge on any atom is 0.267 e. The van der Waals surface area contributed by atoms with Crippen LogP contribution in [0.5, 0.6) is 0 Å². The van der Waals surface area contributed by atoms with Gasteiger partial charge in [-0.15, -0.1) is 0 Å². The van der Waals surface area contributed by atoms with E-state index in [9.17, 15) is 13.2 Å². The predicted octanol–water partition coefficient (Wildman–Crippen LogP) is -0.485. The van der Waals surface area contributed by atoms with Crippen molar-refractivity contribution in [2.24, 2.45) is 5.14 Å². The molecule has 1 aromatic rings. The fourth-order valence-electron chi connectivity index (χ4n) is 1.22. The number of amides is 1. The molecule has 1 rings (SSSR count). The van der Waals surface area contributed by atoms with Crippen molar-refractivity contribution in [1.29, 1.82) is 0 Å². The quantitative estimate of drug-likeness (QED) is 0.735. The third-order valence-electron chi connectivity index (χ3n) is 2.00. The zero-order chi connectivity index (χ0) is 11.6. The average molecular weight is 231 g/mol. The number of carbonyl (C=O) groups excluding carboxylic acids is 1. The van der Waals surface area contributed by atoms with Crippen LogP contribution in [0.25, 0.3) is 0 Å². The molecule has 0 fully saturated rings. The first-order chi connectivity index (χ1) is 6.90. The summed E-state index contributed by atoms with van der Waals surface area (Å²) in [4.78, 5) is 11.3. The van der Waals surface area contributed by atoms with Crippen molar-refractivity contribution in [3.63, 3.8) is 0 Å². The number of primary sulfonamides is 1. The van der Waals surface area contributed by atoms with Gasteiger partial charge in [0.1, 0.15) is 10.6 Å². The Bertz CT molecular complexity index is 475. The number of hydrogen-bond donors (Lipinski definition) is 2. The molecule has 0 saturated carbocycles. The molecule has 0 atom stereocenters. The summed E-state index contributed by atoms with van der Waals surface area (Å²) >= 11 is 0. The zero-order valence-corrected chi connectivity index (χ0v) is 9.34. The summed E-state index contributed by atoms with van der Waals surface area (Å²) in [5.74, 6) is -0.341. The van der Waals surface area contributed by atoms with E-state index < -0.39 is 10.0 Å². The van der Waals surface area contributed by atoms with Gasteiger partial charge in [-0.3, -0.25) is 4.79 Å². The number of nitrogens with one attached hydrogen (secondary N) is 1. The Morgan fingerprint density at radius 1 is 1.60 bits per heavy atom. The highest BCUT2D eigenvalue weighted by Crippen LogP contribution is 2.12. The Kier molecular flexibility index (Phi) is 3.15. The van der Waals surface area contributed by atoms with Gasteiger partial charge in [0, 0.05) is 19.8 Å². The molecule has 84 valence electrons. The molecule has 0 aliphatic heterocycles. The van der Waals surface area contributed by atoms with E-state index in [1.807, 2.05) is 0 Å². The van der Waals surface area contributed by atoms with Gasteiger partial charge in [-0.1, -0.05) is 0 Å². The monoisotopic (exact) mass is 231 g/mol. The molecule has 15 heavy (non-hydrogen) atoms. The lowest BCUT2D eigenvalue weighted by atomic mass is 10.4. The Balaban J connectivity index is 3.29. The molecular formula is C8H13N3O3S. The number of hydrogen-bond acceptors (Lipinski definition) is 3. The van der Waals surface area contributed by atoms with Gasteiger partial charge in [-0.05, 0) is 13.0 Å². The molecule has 0 unspecified atom stereocenters. The number of nitrogens with two attached hydrogens (primary N) is 1. The minimum Gasteiger partial charge on any atom is -0.354 e. The van der Waals surface area contributed by atoms with Gasteiger partial charge in [-0.25, -0.2) is 13.6 Å². The summed E-state index contributed by atoms with van der Waals surface area (Å²) in [6, 6.07) is 1.26. The smallest absolute Gasteiger partial charge is 0.267 e. The van der Waals surface area contributed by atoms with Crippen molar-refractivity contribution in [1.82, 2.24) is 9.88 Å². The maximum absolute atomic E-state index is 11.4. The van der Waals surface area contributed by atoms with E-state index in [-0.39, 0.29) is 16.5 Å². The van der Waals surface area contributed by atoms with Gasteiger partial charge >= 0.3 is 0 Å². The number of sulfonamides is 1. The van der Waals surface area contributed by atoms with Gasteiger partial charge < -0.3 is 9.88 Å². The number of carbonyl (C=O) groups is 1. The van der Waals surface area contributed by atoms with Crippen molar-refractivity contribution in [2.45, 2.75) is 18.4 Å². The standard InChI is InChI=1S/C8H13N3O3S/c1-3-11-5-6(15(9,13)14)4-7(11)8(12)10-2/h4-5H,3H2,1-2H3,(H,10,12)(H2,9,13,14). The summed E-state index contributed by atoms with van der Waals surface area (Å²) in [6.07, 6.45) is 1.35. The van der Waals surface area contributed by atoms with E-state index in [4.69, 9.17) is 5.14 Å². The minimum atomic E-state index is -3.76. The fraction of sp³-hybridized carbons (Fsp3) is 0.375. The van der Waals surface area contributed by atoms with Gasteiger partial charge in [0.25, 0.3) is 5.91 Å². The minimum absolute atomic E-state index is 0.0528. The third-order valence-corrected chi connectivity index (χ3v) is 2.88. The lowest BCUT2D eigenvalue weighted by Gasteiger charge is -2.03. The molecule has 1 aromatic heterocycles. The zero-order valence-electron chi connectivity index (χ0n) is 8.52. The predicted molar refractivity (Wildman–Crippen MR) is 54.9 cm³/mol. The van der Waals surface area contributed by atoms with Gasteiger partial charge in [0.15, 0.2) is 0 Å². The average Bonchev–Trinajstić information content (AvgIpc) is 2.59. The van der Waals surface area contributed by atoms with Crippen LogP contribution in [0.3, 0.4) is 0 Å². The first-order valence-electron chi connectivity index (χ1n) is 4.35. The van der Waals surface area contributed by atoms with Crippen molar-refractivity contribution in [2.75, 3.05) is 7.05 Å². The molecule has 1 amide bonds. The second-order valence-corrected chi connectivity index (χ2v) is 4.53. The van der Waals surface area contributed by atoms with Gasteiger partial charge in [0.2, 0.25) is 10.0 Å². The lowest BCUT2D eigenvalue weighted by Crippen LogP contribution is -2.21. The van der Waals surface area contributed by atoms with E-state index >= 15 is 0 Å². The first-order valence-corrected chi connectivity index (χ1v) is 5.89.